The Morgan fingerprint density at radius 2 is 1.57 bits per heavy atom. The van der Waals surface area contributed by atoms with Crippen LogP contribution in [0.5, 0.6) is 0 Å². The number of halogens is 1. The van der Waals surface area contributed by atoms with Crippen molar-refractivity contribution in [3.05, 3.63) is 35.4 Å². The Hall–Kier alpha value is -1.59. The smallest absolute Gasteiger partial charge is 0.251 e. The van der Waals surface area contributed by atoms with Crippen LogP contribution in [0.1, 0.15) is 46.4 Å². The molecule has 2 aliphatic heterocycles. The Bertz CT molecular complexity index is 520. The molecule has 0 spiro atoms. The zero-order valence-corrected chi connectivity index (χ0v) is 12.5. The highest BCUT2D eigenvalue weighted by Crippen LogP contribution is 2.26. The average Bonchev–Trinajstić information content (AvgIpc) is 2.78. The molecule has 1 aromatic carbocycles. The predicted octanol–water partition coefficient (Wildman–Crippen LogP) is 1.22. The molecule has 3 rings (SSSR count). The quantitative estimate of drug-likeness (QED) is 0.785. The van der Waals surface area contributed by atoms with Gasteiger partial charge in [-0.25, -0.2) is 0 Å². The molecule has 2 heterocycles. The number of fused-ring (bicyclic) bond motifs is 2. The molecule has 2 atom stereocenters. The third-order valence-corrected chi connectivity index (χ3v) is 4.24. The minimum atomic E-state index is -0.480. The molecule has 2 amide bonds. The molecule has 0 aliphatic carbocycles. The number of nitrogens with two attached hydrogens (primary N) is 1. The van der Waals surface area contributed by atoms with Crippen molar-refractivity contribution in [1.29, 1.82) is 0 Å². The van der Waals surface area contributed by atoms with E-state index in [9.17, 15) is 9.59 Å². The summed E-state index contributed by atoms with van der Waals surface area (Å²) in [6.07, 6.45) is 4.43. The van der Waals surface area contributed by atoms with Gasteiger partial charge in [0.25, 0.3) is 5.91 Å². The minimum absolute atomic E-state index is 0. The number of amides is 2. The van der Waals surface area contributed by atoms with Gasteiger partial charge in [-0.2, -0.15) is 0 Å². The molecule has 0 saturated carbocycles. The molecule has 4 N–H and O–H groups in total. The van der Waals surface area contributed by atoms with Gasteiger partial charge in [-0.15, -0.1) is 12.4 Å². The molecular formula is C15H20ClN3O2. The van der Waals surface area contributed by atoms with Gasteiger partial charge in [-0.05, 0) is 49.9 Å². The zero-order valence-electron chi connectivity index (χ0n) is 11.7. The molecule has 5 nitrogen and oxygen atoms in total. The van der Waals surface area contributed by atoms with E-state index in [0.29, 0.717) is 23.2 Å². The highest BCUT2D eigenvalue weighted by Gasteiger charge is 2.34. The Labute approximate surface area is 130 Å². The molecule has 114 valence electrons. The van der Waals surface area contributed by atoms with Crippen LogP contribution in [0.3, 0.4) is 0 Å². The molecule has 2 fully saturated rings. The van der Waals surface area contributed by atoms with Crippen molar-refractivity contribution in [3.8, 4) is 0 Å². The number of benzene rings is 1. The topological polar surface area (TPSA) is 84.2 Å². The van der Waals surface area contributed by atoms with E-state index in [4.69, 9.17) is 5.73 Å². The van der Waals surface area contributed by atoms with Crippen LogP contribution in [0.25, 0.3) is 0 Å². The molecule has 2 saturated heterocycles. The maximum atomic E-state index is 12.2. The Morgan fingerprint density at radius 1 is 1.05 bits per heavy atom. The van der Waals surface area contributed by atoms with Gasteiger partial charge < -0.3 is 16.4 Å². The lowest BCUT2D eigenvalue weighted by Gasteiger charge is -2.29. The first-order chi connectivity index (χ1) is 9.61. The molecule has 0 radical (unpaired) electrons. The van der Waals surface area contributed by atoms with Crippen molar-refractivity contribution >= 4 is 24.2 Å². The van der Waals surface area contributed by atoms with E-state index in [-0.39, 0.29) is 24.4 Å². The summed E-state index contributed by atoms with van der Waals surface area (Å²) in [6.45, 7) is 0. The fourth-order valence-electron chi connectivity index (χ4n) is 3.23. The maximum absolute atomic E-state index is 12.2. The normalized spacial score (nSPS) is 26.8. The van der Waals surface area contributed by atoms with Gasteiger partial charge in [0.05, 0.1) is 0 Å². The lowest BCUT2D eigenvalue weighted by molar-refractivity contribution is 0.0922. The molecular weight excluding hydrogens is 290 g/mol. The van der Waals surface area contributed by atoms with Crippen molar-refractivity contribution in [1.82, 2.24) is 10.6 Å². The zero-order chi connectivity index (χ0) is 14.1. The van der Waals surface area contributed by atoms with Crippen LogP contribution in [0.2, 0.25) is 0 Å². The summed E-state index contributed by atoms with van der Waals surface area (Å²) >= 11 is 0. The number of rotatable bonds is 3. The third-order valence-electron chi connectivity index (χ3n) is 4.24. The van der Waals surface area contributed by atoms with Crippen LogP contribution in [-0.2, 0) is 0 Å². The number of carbonyl (C=O) groups is 2. The van der Waals surface area contributed by atoms with Gasteiger partial charge in [0.2, 0.25) is 5.91 Å². The fraction of sp³-hybridized carbons (Fsp3) is 0.467. The van der Waals surface area contributed by atoms with Crippen LogP contribution in [-0.4, -0.2) is 29.9 Å². The summed E-state index contributed by atoms with van der Waals surface area (Å²) in [4.78, 5) is 23.2. The Morgan fingerprint density at radius 3 is 2.10 bits per heavy atom. The molecule has 21 heavy (non-hydrogen) atoms. The van der Waals surface area contributed by atoms with E-state index in [0.717, 1.165) is 12.8 Å². The van der Waals surface area contributed by atoms with E-state index in [2.05, 4.69) is 10.6 Å². The van der Waals surface area contributed by atoms with Gasteiger partial charge in [-0.3, -0.25) is 9.59 Å². The highest BCUT2D eigenvalue weighted by atomic mass is 35.5. The first-order valence-corrected chi connectivity index (χ1v) is 7.08. The number of nitrogens with one attached hydrogen (secondary N) is 2. The number of hydrogen-bond donors (Lipinski definition) is 3. The Balaban J connectivity index is 0.00000161. The third kappa shape index (κ3) is 3.54. The number of hydrogen-bond acceptors (Lipinski definition) is 3. The van der Waals surface area contributed by atoms with Crippen molar-refractivity contribution in [3.63, 3.8) is 0 Å². The molecule has 1 aromatic rings. The highest BCUT2D eigenvalue weighted by molar-refractivity contribution is 5.97. The van der Waals surface area contributed by atoms with Crippen LogP contribution in [0.4, 0.5) is 0 Å². The number of piperidine rings is 1. The van der Waals surface area contributed by atoms with Crippen molar-refractivity contribution in [2.24, 2.45) is 5.73 Å². The average molecular weight is 310 g/mol. The maximum Gasteiger partial charge on any atom is 0.251 e. The second-order valence-electron chi connectivity index (χ2n) is 5.72. The lowest BCUT2D eigenvalue weighted by Crippen LogP contribution is -2.48. The van der Waals surface area contributed by atoms with Gasteiger partial charge in [0, 0.05) is 29.3 Å². The summed E-state index contributed by atoms with van der Waals surface area (Å²) in [7, 11) is 0. The standard InChI is InChI=1S/C15H19N3O2.ClH/c16-14(19)9-1-3-10(4-2-9)15(20)18-13-7-11-5-6-12(8-13)17-11;/h1-4,11-13,17H,5-8H2,(H2,16,19)(H,18,20);1H. The van der Waals surface area contributed by atoms with E-state index in [1.165, 1.54) is 12.8 Å². The van der Waals surface area contributed by atoms with Crippen molar-refractivity contribution < 1.29 is 9.59 Å². The van der Waals surface area contributed by atoms with Crippen LogP contribution >= 0.6 is 12.4 Å². The van der Waals surface area contributed by atoms with Crippen LogP contribution in [0, 0.1) is 0 Å². The summed E-state index contributed by atoms with van der Waals surface area (Å²) in [5, 5.41) is 6.64. The lowest BCUT2D eigenvalue weighted by atomic mass is 9.99. The second kappa shape index (κ2) is 6.45. The summed E-state index contributed by atoms with van der Waals surface area (Å²) in [6, 6.07) is 7.81. The van der Waals surface area contributed by atoms with E-state index in [1.54, 1.807) is 24.3 Å². The summed E-state index contributed by atoms with van der Waals surface area (Å²) < 4.78 is 0. The molecule has 0 aromatic heterocycles. The molecule has 2 aliphatic rings. The first-order valence-electron chi connectivity index (χ1n) is 7.08. The predicted molar refractivity (Wildman–Crippen MR) is 82.6 cm³/mol. The monoisotopic (exact) mass is 309 g/mol. The molecule has 2 bridgehead atoms. The van der Waals surface area contributed by atoms with Gasteiger partial charge >= 0.3 is 0 Å². The first kappa shape index (κ1) is 15.8. The van der Waals surface area contributed by atoms with Crippen LogP contribution < -0.4 is 16.4 Å². The largest absolute Gasteiger partial charge is 0.366 e. The van der Waals surface area contributed by atoms with E-state index in [1.807, 2.05) is 0 Å². The van der Waals surface area contributed by atoms with E-state index < -0.39 is 5.91 Å². The van der Waals surface area contributed by atoms with Gasteiger partial charge in [0.15, 0.2) is 0 Å². The van der Waals surface area contributed by atoms with Crippen molar-refractivity contribution in [2.45, 2.75) is 43.8 Å². The fourth-order valence-corrected chi connectivity index (χ4v) is 3.23. The van der Waals surface area contributed by atoms with Crippen molar-refractivity contribution in [2.75, 3.05) is 0 Å². The second-order valence-corrected chi connectivity index (χ2v) is 5.72. The molecule has 6 heteroatoms. The van der Waals surface area contributed by atoms with Gasteiger partial charge in [-0.1, -0.05) is 0 Å². The summed E-state index contributed by atoms with van der Waals surface area (Å²) in [5.41, 5.74) is 6.17. The molecule has 2 unspecified atom stereocenters. The number of carbonyl (C=O) groups excluding carboxylic acids is 2. The minimum Gasteiger partial charge on any atom is -0.366 e. The number of primary amides is 1. The Kier molecular flexibility index (Phi) is 4.85. The van der Waals surface area contributed by atoms with Gasteiger partial charge in [0.1, 0.15) is 0 Å². The SMILES string of the molecule is Cl.NC(=O)c1ccc(C(=O)NC2CC3CCC(C2)N3)cc1. The summed E-state index contributed by atoms with van der Waals surface area (Å²) in [5.74, 6) is -0.556. The van der Waals surface area contributed by atoms with E-state index >= 15 is 0 Å². The van der Waals surface area contributed by atoms with Crippen LogP contribution in [0.15, 0.2) is 24.3 Å².